The van der Waals surface area contributed by atoms with E-state index in [1.165, 1.54) is 0 Å². The maximum Gasteiger partial charge on any atom is 0.255 e. The number of methoxy groups -OCH3 is 1. The molecule has 0 spiro atoms. The number of nitrogens with zero attached hydrogens (tertiary/aromatic N) is 3. The average molecular weight is 402 g/mol. The molecule has 2 heterocycles. The second kappa shape index (κ2) is 8.93. The Morgan fingerprint density at radius 1 is 1.28 bits per heavy atom. The number of rotatable bonds is 6. The quantitative estimate of drug-likeness (QED) is 0.790. The second-order valence-corrected chi connectivity index (χ2v) is 7.04. The first-order chi connectivity index (χ1) is 13.9. The molecule has 2 amide bonds. The number of aromatic nitrogens is 2. The Morgan fingerprint density at radius 3 is 2.59 bits per heavy atom. The van der Waals surface area contributed by atoms with E-state index in [0.717, 1.165) is 0 Å². The number of hydrogen-bond acceptors (Lipinski definition) is 7. The minimum Gasteiger partial charge on any atom is -0.497 e. The fraction of sp³-hybridized carbons (Fsp3) is 0.500. The van der Waals surface area contributed by atoms with Crippen molar-refractivity contribution in [3.8, 4) is 11.5 Å². The summed E-state index contributed by atoms with van der Waals surface area (Å²) in [6.07, 6.45) is 1.36. The molecule has 1 aliphatic rings. The van der Waals surface area contributed by atoms with Gasteiger partial charge in [0.25, 0.3) is 5.91 Å². The van der Waals surface area contributed by atoms with Gasteiger partial charge in [-0.1, -0.05) is 0 Å². The molecule has 3 rings (SSSR count). The van der Waals surface area contributed by atoms with Gasteiger partial charge in [-0.15, -0.1) is 10.2 Å². The summed E-state index contributed by atoms with van der Waals surface area (Å²) in [5.74, 6) is 1.52. The molecule has 1 aromatic carbocycles. The lowest BCUT2D eigenvalue weighted by molar-refractivity contribution is -0.130. The van der Waals surface area contributed by atoms with Crippen LogP contribution in [0.15, 0.2) is 22.6 Å². The third kappa shape index (κ3) is 5.04. The Morgan fingerprint density at radius 2 is 2.00 bits per heavy atom. The van der Waals surface area contributed by atoms with E-state index in [1.807, 2.05) is 0 Å². The van der Waals surface area contributed by atoms with Crippen molar-refractivity contribution in [3.05, 3.63) is 35.5 Å². The van der Waals surface area contributed by atoms with E-state index < -0.39 is 6.04 Å². The first-order valence-electron chi connectivity index (χ1n) is 9.58. The van der Waals surface area contributed by atoms with Crippen molar-refractivity contribution in [3.63, 3.8) is 0 Å². The van der Waals surface area contributed by atoms with Crippen molar-refractivity contribution in [1.82, 2.24) is 20.4 Å². The number of likely N-dealkylation sites (tertiary alicyclic amines) is 1. The molecule has 0 bridgehead atoms. The molecule has 1 aromatic heterocycles. The van der Waals surface area contributed by atoms with Crippen LogP contribution in [-0.4, -0.2) is 53.2 Å². The number of piperidine rings is 1. The standard InChI is InChI=1S/C20H26N4O5/c1-12(20-23-22-13(2)28-20)21-19(26)17-11-16(27-4)5-6-18(17)29-15-7-9-24(10-8-15)14(3)25/h5-6,11-12,15H,7-10H2,1-4H3,(H,21,26)/t12-/m1/s1. The average Bonchev–Trinajstić information content (AvgIpc) is 3.15. The summed E-state index contributed by atoms with van der Waals surface area (Å²) in [5, 5.41) is 10.6. The Hall–Kier alpha value is -3.10. The highest BCUT2D eigenvalue weighted by Gasteiger charge is 2.25. The molecular weight excluding hydrogens is 376 g/mol. The van der Waals surface area contributed by atoms with Crippen molar-refractivity contribution in [2.45, 2.75) is 45.8 Å². The molecule has 1 aliphatic heterocycles. The number of carbonyl (C=O) groups excluding carboxylic acids is 2. The lowest BCUT2D eigenvalue weighted by Gasteiger charge is -2.31. The summed E-state index contributed by atoms with van der Waals surface area (Å²) in [7, 11) is 1.54. The molecule has 2 aromatic rings. The highest BCUT2D eigenvalue weighted by Crippen LogP contribution is 2.28. The summed E-state index contributed by atoms with van der Waals surface area (Å²) in [6.45, 7) is 6.31. The summed E-state index contributed by atoms with van der Waals surface area (Å²) in [5.41, 5.74) is 0.362. The molecule has 29 heavy (non-hydrogen) atoms. The van der Waals surface area contributed by atoms with E-state index in [2.05, 4.69) is 15.5 Å². The van der Waals surface area contributed by atoms with Gasteiger partial charge in [0.15, 0.2) is 0 Å². The molecule has 1 N–H and O–H groups in total. The topological polar surface area (TPSA) is 107 Å². The molecule has 156 valence electrons. The third-order valence-electron chi connectivity index (χ3n) is 4.87. The number of benzene rings is 1. The van der Waals surface area contributed by atoms with Gasteiger partial charge in [0.1, 0.15) is 23.6 Å². The molecule has 0 aliphatic carbocycles. The zero-order chi connectivity index (χ0) is 21.0. The van der Waals surface area contributed by atoms with Crippen LogP contribution < -0.4 is 14.8 Å². The Labute approximate surface area is 169 Å². The first-order valence-corrected chi connectivity index (χ1v) is 9.58. The molecular formula is C20H26N4O5. The van der Waals surface area contributed by atoms with Gasteiger partial charge in [0.05, 0.1) is 12.7 Å². The van der Waals surface area contributed by atoms with Crippen LogP contribution in [0.1, 0.15) is 54.9 Å². The van der Waals surface area contributed by atoms with Gasteiger partial charge in [0.2, 0.25) is 17.7 Å². The zero-order valence-corrected chi connectivity index (χ0v) is 17.1. The zero-order valence-electron chi connectivity index (χ0n) is 17.1. The SMILES string of the molecule is COc1ccc(OC2CCN(C(C)=O)CC2)c(C(=O)N[C@H](C)c2nnc(C)o2)c1. The van der Waals surface area contributed by atoms with Crippen molar-refractivity contribution >= 4 is 11.8 Å². The molecule has 0 saturated carbocycles. The maximum absolute atomic E-state index is 12.9. The molecule has 9 nitrogen and oxygen atoms in total. The van der Waals surface area contributed by atoms with Crippen LogP contribution in [0, 0.1) is 6.92 Å². The largest absolute Gasteiger partial charge is 0.497 e. The van der Waals surface area contributed by atoms with Crippen LogP contribution in [0.25, 0.3) is 0 Å². The number of ether oxygens (including phenoxy) is 2. The monoisotopic (exact) mass is 402 g/mol. The number of nitrogens with one attached hydrogen (secondary N) is 1. The predicted molar refractivity (Wildman–Crippen MR) is 104 cm³/mol. The maximum atomic E-state index is 12.9. The smallest absolute Gasteiger partial charge is 0.255 e. The lowest BCUT2D eigenvalue weighted by Crippen LogP contribution is -2.40. The van der Waals surface area contributed by atoms with E-state index in [0.29, 0.717) is 54.8 Å². The summed E-state index contributed by atoms with van der Waals surface area (Å²) >= 11 is 0. The summed E-state index contributed by atoms with van der Waals surface area (Å²) in [4.78, 5) is 26.2. The predicted octanol–water partition coefficient (Wildman–Crippen LogP) is 2.27. The van der Waals surface area contributed by atoms with Gasteiger partial charge in [-0.05, 0) is 25.1 Å². The number of aryl methyl sites for hydroxylation is 1. The van der Waals surface area contributed by atoms with E-state index in [4.69, 9.17) is 13.9 Å². The molecule has 0 radical (unpaired) electrons. The van der Waals surface area contributed by atoms with Gasteiger partial charge < -0.3 is 24.1 Å². The van der Waals surface area contributed by atoms with Gasteiger partial charge in [0, 0.05) is 39.8 Å². The van der Waals surface area contributed by atoms with E-state index in [-0.39, 0.29) is 17.9 Å². The lowest BCUT2D eigenvalue weighted by atomic mass is 10.1. The Kier molecular flexibility index (Phi) is 6.36. The van der Waals surface area contributed by atoms with Crippen LogP contribution in [0.2, 0.25) is 0 Å². The number of hydrogen-bond donors (Lipinski definition) is 1. The van der Waals surface area contributed by atoms with Crippen molar-refractivity contribution in [2.75, 3.05) is 20.2 Å². The minimum absolute atomic E-state index is 0.0678. The van der Waals surface area contributed by atoms with Gasteiger partial charge >= 0.3 is 0 Å². The van der Waals surface area contributed by atoms with Gasteiger partial charge in [-0.2, -0.15) is 0 Å². The summed E-state index contributed by atoms with van der Waals surface area (Å²) in [6, 6.07) is 4.66. The van der Waals surface area contributed by atoms with Crippen LogP contribution in [0.3, 0.4) is 0 Å². The fourth-order valence-corrected chi connectivity index (χ4v) is 3.21. The van der Waals surface area contributed by atoms with Crippen LogP contribution >= 0.6 is 0 Å². The normalized spacial score (nSPS) is 15.7. The highest BCUT2D eigenvalue weighted by atomic mass is 16.5. The van der Waals surface area contributed by atoms with Crippen LogP contribution in [0.4, 0.5) is 0 Å². The number of amides is 2. The fourth-order valence-electron chi connectivity index (χ4n) is 3.21. The third-order valence-corrected chi connectivity index (χ3v) is 4.87. The van der Waals surface area contributed by atoms with Crippen LogP contribution in [-0.2, 0) is 4.79 Å². The molecule has 1 saturated heterocycles. The van der Waals surface area contributed by atoms with E-state index >= 15 is 0 Å². The summed E-state index contributed by atoms with van der Waals surface area (Å²) < 4.78 is 16.8. The Balaban J connectivity index is 1.73. The van der Waals surface area contributed by atoms with Crippen molar-refractivity contribution in [1.29, 1.82) is 0 Å². The Bertz CT molecular complexity index is 874. The number of carbonyl (C=O) groups is 2. The van der Waals surface area contributed by atoms with Gasteiger partial charge in [-0.25, -0.2) is 0 Å². The second-order valence-electron chi connectivity index (χ2n) is 7.04. The van der Waals surface area contributed by atoms with Crippen LogP contribution in [0.5, 0.6) is 11.5 Å². The first kappa shape index (κ1) is 20.6. The molecule has 0 unspecified atom stereocenters. The van der Waals surface area contributed by atoms with Crippen molar-refractivity contribution < 1.29 is 23.5 Å². The minimum atomic E-state index is -0.457. The van der Waals surface area contributed by atoms with Crippen molar-refractivity contribution in [2.24, 2.45) is 0 Å². The molecule has 1 atom stereocenters. The van der Waals surface area contributed by atoms with E-state index in [9.17, 15) is 9.59 Å². The molecule has 1 fully saturated rings. The van der Waals surface area contributed by atoms with Gasteiger partial charge in [-0.3, -0.25) is 9.59 Å². The molecule has 9 heteroatoms. The van der Waals surface area contributed by atoms with E-state index in [1.54, 1.807) is 51.0 Å². The highest BCUT2D eigenvalue weighted by molar-refractivity contribution is 5.97.